The zero-order valence-corrected chi connectivity index (χ0v) is 17.2. The van der Waals surface area contributed by atoms with Crippen LogP contribution in [0, 0.1) is 0 Å². The molecule has 3 aromatic rings. The first-order valence-electron chi connectivity index (χ1n) is 10.1. The number of carbonyl (C=O) groups excluding carboxylic acids is 1. The van der Waals surface area contributed by atoms with Gasteiger partial charge in [0.1, 0.15) is 5.76 Å². The minimum Gasteiger partial charge on any atom is -0.467 e. The molecule has 0 aliphatic carbocycles. The number of amides is 1. The van der Waals surface area contributed by atoms with E-state index in [2.05, 4.69) is 69.5 Å². The van der Waals surface area contributed by atoms with Crippen molar-refractivity contribution < 1.29 is 9.21 Å². The van der Waals surface area contributed by atoms with Crippen LogP contribution < -0.4 is 16.0 Å². The topological polar surface area (TPSA) is 78.7 Å². The lowest BCUT2D eigenvalue weighted by Gasteiger charge is -2.19. The molecule has 0 bridgehead atoms. The van der Waals surface area contributed by atoms with Crippen LogP contribution in [0.4, 0.5) is 0 Å². The van der Waals surface area contributed by atoms with Crippen LogP contribution in [0.15, 0.2) is 88.5 Å². The Morgan fingerprint density at radius 1 is 0.900 bits per heavy atom. The molecule has 0 saturated carbocycles. The molecule has 1 aromatic heterocycles. The van der Waals surface area contributed by atoms with Crippen molar-refractivity contribution in [3.8, 4) is 0 Å². The van der Waals surface area contributed by atoms with Gasteiger partial charge in [-0.05, 0) is 29.7 Å². The maximum Gasteiger partial charge on any atom is 0.239 e. The van der Waals surface area contributed by atoms with Crippen LogP contribution in [-0.4, -0.2) is 32.0 Å². The number of benzene rings is 2. The minimum atomic E-state index is -0.124. The Hall–Kier alpha value is -3.54. The van der Waals surface area contributed by atoms with E-state index in [0.29, 0.717) is 12.5 Å². The van der Waals surface area contributed by atoms with Gasteiger partial charge in [-0.3, -0.25) is 9.79 Å². The molecule has 6 nitrogen and oxygen atoms in total. The summed E-state index contributed by atoms with van der Waals surface area (Å²) in [6, 6.07) is 24.6. The lowest BCUT2D eigenvalue weighted by molar-refractivity contribution is -0.120. The summed E-state index contributed by atoms with van der Waals surface area (Å²) >= 11 is 0. The fourth-order valence-corrected chi connectivity index (χ4v) is 3.28. The van der Waals surface area contributed by atoms with Crippen LogP contribution in [0.5, 0.6) is 0 Å². The van der Waals surface area contributed by atoms with Crippen LogP contribution in [0.3, 0.4) is 0 Å². The zero-order chi connectivity index (χ0) is 21.0. The third-order valence-corrected chi connectivity index (χ3v) is 4.81. The number of aliphatic imine (C=N–C) groups is 1. The highest BCUT2D eigenvalue weighted by Gasteiger charge is 2.14. The van der Waals surface area contributed by atoms with E-state index in [-0.39, 0.29) is 18.4 Å². The van der Waals surface area contributed by atoms with Crippen molar-refractivity contribution in [3.63, 3.8) is 0 Å². The van der Waals surface area contributed by atoms with Crippen LogP contribution in [0.2, 0.25) is 0 Å². The number of hydrogen-bond acceptors (Lipinski definition) is 3. The second kappa shape index (κ2) is 11.5. The van der Waals surface area contributed by atoms with Gasteiger partial charge in [0.05, 0.1) is 19.4 Å². The molecule has 0 atom stereocenters. The van der Waals surface area contributed by atoms with Crippen molar-refractivity contribution in [2.75, 3.05) is 20.1 Å². The van der Waals surface area contributed by atoms with E-state index in [0.717, 1.165) is 18.7 Å². The summed E-state index contributed by atoms with van der Waals surface area (Å²) in [5, 5.41) is 9.16. The molecule has 0 radical (unpaired) electrons. The van der Waals surface area contributed by atoms with Crippen molar-refractivity contribution in [3.05, 3.63) is 95.9 Å². The van der Waals surface area contributed by atoms with Crippen molar-refractivity contribution >= 4 is 11.9 Å². The molecule has 1 heterocycles. The average molecular weight is 405 g/mol. The standard InChI is InChI=1S/C24H28N4O2/c1-25-24(28-18-23(29)27-17-21-13-8-16-30-21)26-15-14-22(19-9-4-2-5-10-19)20-11-6-3-7-12-20/h2-13,16,22H,14-15,17-18H2,1H3,(H,27,29)(H2,25,26,28). The number of hydrogen-bond donors (Lipinski definition) is 3. The molecule has 2 aromatic carbocycles. The minimum absolute atomic E-state index is 0.124. The SMILES string of the molecule is CN=C(NCCC(c1ccccc1)c1ccccc1)NCC(=O)NCc1ccco1. The normalized spacial score (nSPS) is 11.3. The molecule has 6 heteroatoms. The molecule has 0 aliphatic rings. The van der Waals surface area contributed by atoms with Gasteiger partial charge < -0.3 is 20.4 Å². The van der Waals surface area contributed by atoms with Gasteiger partial charge in [0, 0.05) is 19.5 Å². The van der Waals surface area contributed by atoms with Crippen LogP contribution >= 0.6 is 0 Å². The quantitative estimate of drug-likeness (QED) is 0.378. The van der Waals surface area contributed by atoms with Crippen LogP contribution in [0.1, 0.15) is 29.2 Å². The van der Waals surface area contributed by atoms with Gasteiger partial charge in [-0.2, -0.15) is 0 Å². The molecule has 30 heavy (non-hydrogen) atoms. The second-order valence-electron chi connectivity index (χ2n) is 6.87. The molecule has 3 N–H and O–H groups in total. The summed E-state index contributed by atoms with van der Waals surface area (Å²) in [6.45, 7) is 1.23. The summed E-state index contributed by atoms with van der Waals surface area (Å²) in [6.07, 6.45) is 2.49. The van der Waals surface area contributed by atoms with E-state index in [1.54, 1.807) is 19.4 Å². The van der Waals surface area contributed by atoms with Gasteiger partial charge in [-0.15, -0.1) is 0 Å². The van der Waals surface area contributed by atoms with E-state index < -0.39 is 0 Å². The molecule has 0 saturated heterocycles. The fourth-order valence-electron chi connectivity index (χ4n) is 3.28. The molecule has 0 unspecified atom stereocenters. The van der Waals surface area contributed by atoms with Crippen LogP contribution in [-0.2, 0) is 11.3 Å². The van der Waals surface area contributed by atoms with Crippen molar-refractivity contribution in [2.45, 2.75) is 18.9 Å². The number of nitrogens with one attached hydrogen (secondary N) is 3. The Morgan fingerprint density at radius 2 is 1.57 bits per heavy atom. The predicted molar refractivity (Wildman–Crippen MR) is 119 cm³/mol. The summed E-state index contributed by atoms with van der Waals surface area (Å²) in [5.74, 6) is 1.48. The first-order chi connectivity index (χ1) is 14.8. The summed E-state index contributed by atoms with van der Waals surface area (Å²) in [7, 11) is 1.70. The lowest BCUT2D eigenvalue weighted by Crippen LogP contribution is -2.43. The van der Waals surface area contributed by atoms with Gasteiger partial charge in [0.15, 0.2) is 5.96 Å². The molecule has 3 rings (SSSR count). The van der Waals surface area contributed by atoms with Gasteiger partial charge in [-0.25, -0.2) is 0 Å². The fraction of sp³-hybridized carbons (Fsp3) is 0.250. The molecule has 1 amide bonds. The predicted octanol–water partition coefficient (Wildman–Crippen LogP) is 3.28. The number of nitrogens with zero attached hydrogens (tertiary/aromatic N) is 1. The number of guanidine groups is 1. The van der Waals surface area contributed by atoms with Crippen molar-refractivity contribution in [2.24, 2.45) is 4.99 Å². The Labute approximate surface area is 177 Å². The van der Waals surface area contributed by atoms with E-state index >= 15 is 0 Å². The molecular weight excluding hydrogens is 376 g/mol. The first kappa shape index (κ1) is 21.2. The monoisotopic (exact) mass is 404 g/mol. The summed E-state index contributed by atoms with van der Waals surface area (Å²) < 4.78 is 5.21. The van der Waals surface area contributed by atoms with Crippen LogP contribution in [0.25, 0.3) is 0 Å². The Morgan fingerprint density at radius 3 is 2.13 bits per heavy atom. The largest absolute Gasteiger partial charge is 0.467 e. The van der Waals surface area contributed by atoms with Gasteiger partial charge in [-0.1, -0.05) is 60.7 Å². The molecule has 0 spiro atoms. The zero-order valence-electron chi connectivity index (χ0n) is 17.2. The molecule has 0 aliphatic heterocycles. The Kier molecular flexibility index (Phi) is 8.09. The van der Waals surface area contributed by atoms with E-state index in [1.807, 2.05) is 18.2 Å². The molecule has 0 fully saturated rings. The number of rotatable bonds is 9. The van der Waals surface area contributed by atoms with E-state index in [9.17, 15) is 4.79 Å². The maximum atomic E-state index is 12.0. The van der Waals surface area contributed by atoms with Gasteiger partial charge in [0.2, 0.25) is 5.91 Å². The highest BCUT2D eigenvalue weighted by atomic mass is 16.3. The smallest absolute Gasteiger partial charge is 0.239 e. The van der Waals surface area contributed by atoms with E-state index in [1.165, 1.54) is 11.1 Å². The lowest BCUT2D eigenvalue weighted by atomic mass is 9.88. The Bertz CT molecular complexity index is 869. The van der Waals surface area contributed by atoms with Gasteiger partial charge in [0.25, 0.3) is 0 Å². The summed E-state index contributed by atoms with van der Waals surface area (Å²) in [4.78, 5) is 16.2. The van der Waals surface area contributed by atoms with Crippen molar-refractivity contribution in [1.29, 1.82) is 0 Å². The maximum absolute atomic E-state index is 12.0. The first-order valence-corrected chi connectivity index (χ1v) is 10.1. The number of furan rings is 1. The average Bonchev–Trinajstić information content (AvgIpc) is 3.32. The van der Waals surface area contributed by atoms with E-state index in [4.69, 9.17) is 4.42 Å². The Balaban J connectivity index is 1.48. The molecular formula is C24H28N4O2. The van der Waals surface area contributed by atoms with Gasteiger partial charge >= 0.3 is 0 Å². The number of carbonyl (C=O) groups is 1. The third-order valence-electron chi connectivity index (χ3n) is 4.81. The second-order valence-corrected chi connectivity index (χ2v) is 6.87. The molecule has 156 valence electrons. The summed E-state index contributed by atoms with van der Waals surface area (Å²) in [5.41, 5.74) is 2.57. The third kappa shape index (κ3) is 6.51. The highest BCUT2D eigenvalue weighted by molar-refractivity contribution is 5.86. The highest BCUT2D eigenvalue weighted by Crippen LogP contribution is 2.27. The van der Waals surface area contributed by atoms with Crippen molar-refractivity contribution in [1.82, 2.24) is 16.0 Å².